The molecule has 0 radical (unpaired) electrons. The van der Waals surface area contributed by atoms with E-state index in [1.807, 2.05) is 13.0 Å². The highest BCUT2D eigenvalue weighted by molar-refractivity contribution is 5.92. The molecule has 1 aromatic carbocycles. The summed E-state index contributed by atoms with van der Waals surface area (Å²) in [5, 5.41) is 0. The van der Waals surface area contributed by atoms with Crippen LogP contribution in [0.15, 0.2) is 29.8 Å². The van der Waals surface area contributed by atoms with Crippen LogP contribution in [0.4, 0.5) is 4.39 Å². The second kappa shape index (κ2) is 6.92. The number of amides is 1. The zero-order chi connectivity index (χ0) is 14.4. The van der Waals surface area contributed by atoms with E-state index < -0.39 is 5.82 Å². The first-order chi connectivity index (χ1) is 8.99. The number of likely N-dealkylation sites (N-methyl/N-ethyl adjacent to an activating group) is 1. The molecule has 0 aliphatic rings. The number of ether oxygens (including phenoxy) is 1. The van der Waals surface area contributed by atoms with Gasteiger partial charge >= 0.3 is 0 Å². The predicted molar refractivity (Wildman–Crippen MR) is 73.5 cm³/mol. The predicted octanol–water partition coefficient (Wildman–Crippen LogP) is 3.15. The summed E-state index contributed by atoms with van der Waals surface area (Å²) in [6, 6.07) is 4.71. The summed E-state index contributed by atoms with van der Waals surface area (Å²) in [6.07, 6.45) is 2.70. The molecule has 0 aliphatic carbocycles. The van der Waals surface area contributed by atoms with Gasteiger partial charge in [-0.15, -0.1) is 0 Å². The Morgan fingerprint density at radius 1 is 1.47 bits per heavy atom. The molecule has 3 nitrogen and oxygen atoms in total. The van der Waals surface area contributed by atoms with Gasteiger partial charge in [0.2, 0.25) is 5.91 Å². The van der Waals surface area contributed by atoms with Crippen molar-refractivity contribution in [2.75, 3.05) is 14.2 Å². The van der Waals surface area contributed by atoms with E-state index in [0.717, 1.165) is 12.0 Å². The summed E-state index contributed by atoms with van der Waals surface area (Å²) in [7, 11) is 3.13. The number of carbonyl (C=O) groups is 1. The first kappa shape index (κ1) is 15.2. The summed E-state index contributed by atoms with van der Waals surface area (Å²) in [6.45, 7) is 4.14. The van der Waals surface area contributed by atoms with E-state index in [2.05, 4.69) is 0 Å². The Bertz CT molecular complexity index is 483. The Labute approximate surface area is 113 Å². The standard InChI is InChI=1S/C15H20FNO2/c1-5-6-11(2)15(18)17(3)10-12-7-8-14(19-4)13(16)9-12/h6-9H,5,10H2,1-4H3/b11-6+. The molecule has 0 aliphatic heterocycles. The maximum Gasteiger partial charge on any atom is 0.249 e. The normalized spacial score (nSPS) is 11.3. The van der Waals surface area contributed by atoms with Crippen LogP contribution >= 0.6 is 0 Å². The molecule has 1 aromatic rings. The van der Waals surface area contributed by atoms with Crippen LogP contribution < -0.4 is 4.74 Å². The van der Waals surface area contributed by atoms with E-state index in [9.17, 15) is 9.18 Å². The quantitative estimate of drug-likeness (QED) is 0.765. The van der Waals surface area contributed by atoms with Gasteiger partial charge < -0.3 is 9.64 Å². The Morgan fingerprint density at radius 2 is 2.16 bits per heavy atom. The molecule has 1 amide bonds. The second-order valence-electron chi connectivity index (χ2n) is 4.43. The third-order valence-electron chi connectivity index (χ3n) is 2.83. The third-order valence-corrected chi connectivity index (χ3v) is 2.83. The number of carbonyl (C=O) groups excluding carboxylic acids is 1. The molecule has 0 aromatic heterocycles. The SMILES string of the molecule is CC/C=C(\C)C(=O)N(C)Cc1ccc(OC)c(F)c1. The molecular formula is C15H20FNO2. The molecule has 0 saturated heterocycles. The molecule has 4 heteroatoms. The Morgan fingerprint density at radius 3 is 2.68 bits per heavy atom. The Balaban J connectivity index is 2.77. The lowest BCUT2D eigenvalue weighted by Crippen LogP contribution is -2.26. The van der Waals surface area contributed by atoms with Crippen LogP contribution in [-0.2, 0) is 11.3 Å². The third kappa shape index (κ3) is 4.09. The van der Waals surface area contributed by atoms with Crippen molar-refractivity contribution < 1.29 is 13.9 Å². The maximum absolute atomic E-state index is 13.5. The summed E-state index contributed by atoms with van der Waals surface area (Å²) in [5.41, 5.74) is 1.44. The van der Waals surface area contributed by atoms with Gasteiger partial charge in [0.25, 0.3) is 0 Å². The fourth-order valence-electron chi connectivity index (χ4n) is 1.85. The number of benzene rings is 1. The van der Waals surface area contributed by atoms with Crippen molar-refractivity contribution >= 4 is 5.91 Å². The zero-order valence-corrected chi connectivity index (χ0v) is 11.9. The maximum atomic E-state index is 13.5. The van der Waals surface area contributed by atoms with Crippen molar-refractivity contribution in [2.45, 2.75) is 26.8 Å². The van der Waals surface area contributed by atoms with E-state index in [-0.39, 0.29) is 11.7 Å². The molecule has 0 heterocycles. The molecule has 0 N–H and O–H groups in total. The molecule has 0 fully saturated rings. The Hall–Kier alpha value is -1.84. The molecule has 19 heavy (non-hydrogen) atoms. The van der Waals surface area contributed by atoms with Crippen molar-refractivity contribution in [1.82, 2.24) is 4.90 Å². The van der Waals surface area contributed by atoms with Crippen LogP contribution in [0.2, 0.25) is 0 Å². The molecule has 1 rings (SSSR count). The van der Waals surface area contributed by atoms with Crippen LogP contribution in [0, 0.1) is 5.82 Å². The summed E-state index contributed by atoms with van der Waals surface area (Å²) >= 11 is 0. The van der Waals surface area contributed by atoms with Gasteiger partial charge in [0.1, 0.15) is 0 Å². The number of nitrogens with zero attached hydrogens (tertiary/aromatic N) is 1. The number of hydrogen-bond acceptors (Lipinski definition) is 2. The summed E-state index contributed by atoms with van der Waals surface area (Å²) in [5.74, 6) is -0.250. The zero-order valence-electron chi connectivity index (χ0n) is 11.9. The van der Waals surface area contributed by atoms with Crippen LogP contribution in [0.5, 0.6) is 5.75 Å². The molecule has 0 saturated carbocycles. The number of hydrogen-bond donors (Lipinski definition) is 0. The van der Waals surface area contributed by atoms with Crippen molar-refractivity contribution in [2.24, 2.45) is 0 Å². The van der Waals surface area contributed by atoms with Crippen LogP contribution in [0.25, 0.3) is 0 Å². The summed E-state index contributed by atoms with van der Waals surface area (Å²) in [4.78, 5) is 13.6. The van der Waals surface area contributed by atoms with E-state index >= 15 is 0 Å². The van der Waals surface area contributed by atoms with E-state index in [0.29, 0.717) is 12.1 Å². The average Bonchev–Trinajstić information content (AvgIpc) is 2.38. The number of halogens is 1. The van der Waals surface area contributed by atoms with E-state index in [4.69, 9.17) is 4.74 Å². The number of allylic oxidation sites excluding steroid dienone is 1. The molecule has 104 valence electrons. The van der Waals surface area contributed by atoms with Gasteiger partial charge in [-0.2, -0.15) is 0 Å². The van der Waals surface area contributed by atoms with Crippen LogP contribution in [0.1, 0.15) is 25.8 Å². The highest BCUT2D eigenvalue weighted by Crippen LogP contribution is 2.18. The van der Waals surface area contributed by atoms with Crippen LogP contribution in [0.3, 0.4) is 0 Å². The minimum absolute atomic E-state index is 0.0434. The van der Waals surface area contributed by atoms with Gasteiger partial charge in [0, 0.05) is 19.2 Å². The molecular weight excluding hydrogens is 245 g/mol. The second-order valence-corrected chi connectivity index (χ2v) is 4.43. The first-order valence-corrected chi connectivity index (χ1v) is 6.24. The number of rotatable bonds is 5. The van der Waals surface area contributed by atoms with Crippen LogP contribution in [-0.4, -0.2) is 25.0 Å². The van der Waals surface area contributed by atoms with E-state index in [1.54, 1.807) is 31.0 Å². The molecule has 0 atom stereocenters. The lowest BCUT2D eigenvalue weighted by Gasteiger charge is -2.18. The largest absolute Gasteiger partial charge is 0.494 e. The number of methoxy groups -OCH3 is 1. The van der Waals surface area contributed by atoms with Crippen molar-refractivity contribution in [3.63, 3.8) is 0 Å². The highest BCUT2D eigenvalue weighted by atomic mass is 19.1. The average molecular weight is 265 g/mol. The van der Waals surface area contributed by atoms with Crippen molar-refractivity contribution in [3.05, 3.63) is 41.2 Å². The monoisotopic (exact) mass is 265 g/mol. The van der Waals surface area contributed by atoms with Gasteiger partial charge in [-0.3, -0.25) is 4.79 Å². The van der Waals surface area contributed by atoms with Gasteiger partial charge in [-0.25, -0.2) is 4.39 Å². The van der Waals surface area contributed by atoms with Crippen molar-refractivity contribution in [1.29, 1.82) is 0 Å². The lowest BCUT2D eigenvalue weighted by atomic mass is 10.1. The first-order valence-electron chi connectivity index (χ1n) is 6.24. The minimum atomic E-state index is -0.415. The van der Waals surface area contributed by atoms with Crippen molar-refractivity contribution in [3.8, 4) is 5.75 Å². The molecule has 0 spiro atoms. The topological polar surface area (TPSA) is 29.5 Å². The van der Waals surface area contributed by atoms with Gasteiger partial charge in [-0.05, 0) is 31.0 Å². The Kier molecular flexibility index (Phi) is 5.55. The minimum Gasteiger partial charge on any atom is -0.494 e. The summed E-state index contributed by atoms with van der Waals surface area (Å²) < 4.78 is 18.4. The fraction of sp³-hybridized carbons (Fsp3) is 0.400. The van der Waals surface area contributed by atoms with Gasteiger partial charge in [0.15, 0.2) is 11.6 Å². The molecule has 0 bridgehead atoms. The lowest BCUT2D eigenvalue weighted by molar-refractivity contribution is -0.126. The highest BCUT2D eigenvalue weighted by Gasteiger charge is 2.12. The fourth-order valence-corrected chi connectivity index (χ4v) is 1.85. The van der Waals surface area contributed by atoms with Gasteiger partial charge in [0.05, 0.1) is 7.11 Å². The van der Waals surface area contributed by atoms with E-state index in [1.165, 1.54) is 13.2 Å². The van der Waals surface area contributed by atoms with Gasteiger partial charge in [-0.1, -0.05) is 19.1 Å². The smallest absolute Gasteiger partial charge is 0.249 e. The molecule has 0 unspecified atom stereocenters.